The molecule has 0 fully saturated rings. The molecule has 0 aliphatic rings. The summed E-state index contributed by atoms with van der Waals surface area (Å²) in [5, 5.41) is 15.1. The highest BCUT2D eigenvalue weighted by Crippen LogP contribution is 2.08. The van der Waals surface area contributed by atoms with Gasteiger partial charge in [0, 0.05) is 32.6 Å². The molecule has 32 heavy (non-hydrogen) atoms. The molecule has 0 spiro atoms. The summed E-state index contributed by atoms with van der Waals surface area (Å²) in [5.74, 6) is -0.670. The van der Waals surface area contributed by atoms with Gasteiger partial charge in [-0.05, 0) is 43.8 Å². The van der Waals surface area contributed by atoms with E-state index in [0.717, 1.165) is 11.1 Å². The number of nitrogens with zero attached hydrogens (tertiary/aromatic N) is 2. The van der Waals surface area contributed by atoms with Gasteiger partial charge < -0.3 is 25.5 Å². The first kappa shape index (κ1) is 25.3. The second-order valence-corrected chi connectivity index (χ2v) is 7.87. The van der Waals surface area contributed by atoms with Crippen molar-refractivity contribution in [1.82, 2.24) is 20.4 Å². The van der Waals surface area contributed by atoms with Gasteiger partial charge in [-0.15, -0.1) is 0 Å². The first-order valence-electron chi connectivity index (χ1n) is 10.8. The second kappa shape index (κ2) is 13.4. The molecular formula is C24H33FN4O3. The van der Waals surface area contributed by atoms with E-state index in [9.17, 15) is 19.1 Å². The van der Waals surface area contributed by atoms with Crippen molar-refractivity contribution in [2.45, 2.75) is 18.9 Å². The predicted molar refractivity (Wildman–Crippen MR) is 123 cm³/mol. The van der Waals surface area contributed by atoms with Gasteiger partial charge in [-0.2, -0.15) is 0 Å². The van der Waals surface area contributed by atoms with Gasteiger partial charge in [-0.25, -0.2) is 9.18 Å². The van der Waals surface area contributed by atoms with Crippen LogP contribution >= 0.6 is 0 Å². The van der Waals surface area contributed by atoms with Crippen molar-refractivity contribution in [2.75, 3.05) is 46.9 Å². The van der Waals surface area contributed by atoms with Crippen molar-refractivity contribution in [3.8, 4) is 0 Å². The van der Waals surface area contributed by atoms with Crippen LogP contribution in [0.25, 0.3) is 0 Å². The van der Waals surface area contributed by atoms with Crippen LogP contribution in [-0.4, -0.2) is 79.8 Å². The summed E-state index contributed by atoms with van der Waals surface area (Å²) in [6.45, 7) is 1.48. The number of carbonyl (C=O) groups excluding carboxylic acids is 2. The zero-order valence-corrected chi connectivity index (χ0v) is 18.8. The molecule has 8 heteroatoms. The fourth-order valence-corrected chi connectivity index (χ4v) is 3.18. The molecule has 2 aromatic carbocycles. The Morgan fingerprint density at radius 1 is 0.969 bits per heavy atom. The summed E-state index contributed by atoms with van der Waals surface area (Å²) >= 11 is 0. The maximum absolute atomic E-state index is 13.3. The molecule has 2 rings (SSSR count). The third-order valence-corrected chi connectivity index (χ3v) is 5.00. The van der Waals surface area contributed by atoms with Gasteiger partial charge in [0.05, 0.1) is 6.61 Å². The second-order valence-electron chi connectivity index (χ2n) is 7.87. The zero-order valence-electron chi connectivity index (χ0n) is 18.8. The molecule has 0 saturated heterocycles. The lowest BCUT2D eigenvalue weighted by Crippen LogP contribution is -2.53. The van der Waals surface area contributed by atoms with Gasteiger partial charge >= 0.3 is 6.03 Å². The van der Waals surface area contributed by atoms with E-state index in [0.29, 0.717) is 26.1 Å². The monoisotopic (exact) mass is 444 g/mol. The van der Waals surface area contributed by atoms with Crippen molar-refractivity contribution < 1.29 is 19.1 Å². The van der Waals surface area contributed by atoms with Crippen LogP contribution in [0.3, 0.4) is 0 Å². The predicted octanol–water partition coefficient (Wildman–Crippen LogP) is 1.66. The number of likely N-dealkylation sites (N-methyl/N-ethyl adjacent to an activating group) is 1. The molecule has 0 heterocycles. The molecule has 1 atom stereocenters. The van der Waals surface area contributed by atoms with E-state index in [2.05, 4.69) is 10.6 Å². The fraction of sp³-hybridized carbons (Fsp3) is 0.417. The van der Waals surface area contributed by atoms with Gasteiger partial charge in [0.25, 0.3) is 0 Å². The number of halogens is 1. The standard InChI is InChI=1S/C24H33FN4O3/c1-28(2)15-13-26-23(31)22(18-20-8-10-21(25)11-9-20)27-24(32)29(16-17-30)14-12-19-6-4-3-5-7-19/h3-11,22,30H,12-18H2,1-2H3,(H,26,31)(H,27,32)/t22-/m0/s1. The Bertz CT molecular complexity index is 831. The van der Waals surface area contributed by atoms with Crippen LogP contribution in [0.15, 0.2) is 54.6 Å². The van der Waals surface area contributed by atoms with Gasteiger partial charge in [0.1, 0.15) is 11.9 Å². The summed E-state index contributed by atoms with van der Waals surface area (Å²) in [4.78, 5) is 29.2. The maximum atomic E-state index is 13.3. The molecule has 0 aliphatic heterocycles. The molecule has 2 aromatic rings. The Morgan fingerprint density at radius 2 is 1.66 bits per heavy atom. The van der Waals surface area contributed by atoms with Gasteiger partial charge in [-0.3, -0.25) is 4.79 Å². The van der Waals surface area contributed by atoms with Crippen LogP contribution in [0.2, 0.25) is 0 Å². The van der Waals surface area contributed by atoms with Crippen molar-refractivity contribution in [3.05, 3.63) is 71.5 Å². The average molecular weight is 445 g/mol. The smallest absolute Gasteiger partial charge is 0.318 e. The van der Waals surface area contributed by atoms with Crippen LogP contribution in [0, 0.1) is 5.82 Å². The molecule has 0 unspecified atom stereocenters. The highest BCUT2D eigenvalue weighted by Gasteiger charge is 2.24. The number of hydrogen-bond donors (Lipinski definition) is 3. The number of aliphatic hydroxyl groups is 1. The number of urea groups is 1. The molecule has 0 aliphatic carbocycles. The van der Waals surface area contributed by atoms with Crippen molar-refractivity contribution in [3.63, 3.8) is 0 Å². The molecule has 0 radical (unpaired) electrons. The summed E-state index contributed by atoms with van der Waals surface area (Å²) in [6, 6.07) is 14.4. The average Bonchev–Trinajstić information content (AvgIpc) is 2.78. The van der Waals surface area contributed by atoms with Crippen LogP contribution in [0.1, 0.15) is 11.1 Å². The lowest BCUT2D eigenvalue weighted by Gasteiger charge is -2.26. The minimum atomic E-state index is -0.826. The van der Waals surface area contributed by atoms with E-state index in [4.69, 9.17) is 0 Å². The van der Waals surface area contributed by atoms with E-state index in [1.807, 2.05) is 49.3 Å². The van der Waals surface area contributed by atoms with E-state index in [1.165, 1.54) is 17.0 Å². The maximum Gasteiger partial charge on any atom is 0.318 e. The van der Waals surface area contributed by atoms with Crippen molar-refractivity contribution >= 4 is 11.9 Å². The summed E-state index contributed by atoms with van der Waals surface area (Å²) in [5.41, 5.74) is 1.81. The number of nitrogens with one attached hydrogen (secondary N) is 2. The quantitative estimate of drug-likeness (QED) is 0.465. The van der Waals surface area contributed by atoms with Gasteiger partial charge in [0.2, 0.25) is 5.91 Å². The molecule has 7 nitrogen and oxygen atoms in total. The largest absolute Gasteiger partial charge is 0.395 e. The lowest BCUT2D eigenvalue weighted by atomic mass is 10.1. The van der Waals surface area contributed by atoms with Crippen LogP contribution in [-0.2, 0) is 17.6 Å². The Labute approximate surface area is 189 Å². The van der Waals surface area contributed by atoms with Crippen LogP contribution < -0.4 is 10.6 Å². The van der Waals surface area contributed by atoms with E-state index < -0.39 is 12.1 Å². The van der Waals surface area contributed by atoms with E-state index in [1.54, 1.807) is 12.1 Å². The van der Waals surface area contributed by atoms with Crippen molar-refractivity contribution in [1.29, 1.82) is 0 Å². The number of aliphatic hydroxyl groups excluding tert-OH is 1. The highest BCUT2D eigenvalue weighted by atomic mass is 19.1. The number of amides is 3. The number of benzene rings is 2. The molecule has 3 amide bonds. The van der Waals surface area contributed by atoms with Crippen LogP contribution in [0.4, 0.5) is 9.18 Å². The normalized spacial score (nSPS) is 11.8. The van der Waals surface area contributed by atoms with Gasteiger partial charge in [0.15, 0.2) is 0 Å². The Kier molecular flexibility index (Phi) is 10.6. The molecular weight excluding hydrogens is 411 g/mol. The third-order valence-electron chi connectivity index (χ3n) is 5.00. The molecule has 0 saturated carbocycles. The highest BCUT2D eigenvalue weighted by molar-refractivity contribution is 5.87. The van der Waals surface area contributed by atoms with E-state index >= 15 is 0 Å². The number of hydrogen-bond acceptors (Lipinski definition) is 4. The molecule has 174 valence electrons. The molecule has 3 N–H and O–H groups in total. The third kappa shape index (κ3) is 9.03. The Balaban J connectivity index is 2.06. The summed E-state index contributed by atoms with van der Waals surface area (Å²) < 4.78 is 13.3. The van der Waals surface area contributed by atoms with Gasteiger partial charge in [-0.1, -0.05) is 42.5 Å². The topological polar surface area (TPSA) is 84.9 Å². The summed E-state index contributed by atoms with van der Waals surface area (Å²) in [6.07, 6.45) is 0.859. The molecule has 0 aromatic heterocycles. The van der Waals surface area contributed by atoms with E-state index in [-0.39, 0.29) is 31.3 Å². The Hall–Kier alpha value is -2.97. The van der Waals surface area contributed by atoms with Crippen molar-refractivity contribution in [2.24, 2.45) is 0 Å². The molecule has 0 bridgehead atoms. The first-order valence-corrected chi connectivity index (χ1v) is 10.8. The minimum Gasteiger partial charge on any atom is -0.395 e. The first-order chi connectivity index (χ1) is 15.4. The van der Waals surface area contributed by atoms with Crippen LogP contribution in [0.5, 0.6) is 0 Å². The summed E-state index contributed by atoms with van der Waals surface area (Å²) in [7, 11) is 3.81. The number of carbonyl (C=O) groups is 2. The Morgan fingerprint density at radius 3 is 2.28 bits per heavy atom. The SMILES string of the molecule is CN(C)CCNC(=O)[C@H](Cc1ccc(F)cc1)NC(=O)N(CCO)CCc1ccccc1. The fourth-order valence-electron chi connectivity index (χ4n) is 3.18. The minimum absolute atomic E-state index is 0.157. The zero-order chi connectivity index (χ0) is 23.3. The number of rotatable bonds is 12. The lowest BCUT2D eigenvalue weighted by molar-refractivity contribution is -0.123.